The van der Waals surface area contributed by atoms with E-state index in [1.807, 2.05) is 42.2 Å². The number of carbonyl (C=O) groups excluding carboxylic acids is 1. The number of hydrogen-bond acceptors (Lipinski definition) is 2. The molecule has 1 amide bonds. The van der Waals surface area contributed by atoms with Crippen molar-refractivity contribution < 1.29 is 4.79 Å². The Hall–Kier alpha value is -1.42. The van der Waals surface area contributed by atoms with Crippen LogP contribution in [-0.4, -0.2) is 28.4 Å². The number of amides is 1. The van der Waals surface area contributed by atoms with Crippen molar-refractivity contribution in [2.45, 2.75) is 24.0 Å². The molecule has 0 bridgehead atoms. The molecular formula is C15H18N2OS. The van der Waals surface area contributed by atoms with E-state index in [2.05, 4.69) is 16.6 Å². The summed E-state index contributed by atoms with van der Waals surface area (Å²) in [6, 6.07) is 7.80. The minimum absolute atomic E-state index is 0.0216. The smallest absolute Gasteiger partial charge is 0.253 e. The highest BCUT2D eigenvalue weighted by Gasteiger charge is 2.36. The summed E-state index contributed by atoms with van der Waals surface area (Å²) >= 11 is 1.88. The van der Waals surface area contributed by atoms with Crippen molar-refractivity contribution in [2.75, 3.05) is 12.8 Å². The van der Waals surface area contributed by atoms with E-state index in [0.29, 0.717) is 0 Å². The van der Waals surface area contributed by atoms with Crippen molar-refractivity contribution in [1.29, 1.82) is 0 Å². The first-order chi connectivity index (χ1) is 9.24. The van der Waals surface area contributed by atoms with Crippen LogP contribution in [0.5, 0.6) is 0 Å². The third-order valence-electron chi connectivity index (χ3n) is 4.10. The van der Waals surface area contributed by atoms with Gasteiger partial charge in [0.2, 0.25) is 0 Å². The summed E-state index contributed by atoms with van der Waals surface area (Å²) in [6.07, 6.45) is 7.71. The highest BCUT2D eigenvalue weighted by atomic mass is 32.2. The molecule has 4 heteroatoms. The molecule has 0 spiro atoms. The molecule has 3 nitrogen and oxygen atoms in total. The lowest BCUT2D eigenvalue weighted by Gasteiger charge is -2.40. The Bertz CT molecular complexity index is 595. The second-order valence-corrected chi connectivity index (χ2v) is 6.45. The molecule has 0 radical (unpaired) electrons. The highest BCUT2D eigenvalue weighted by molar-refractivity contribution is 8.00. The molecule has 1 fully saturated rings. The highest BCUT2D eigenvalue weighted by Crippen LogP contribution is 2.42. The van der Waals surface area contributed by atoms with Crippen LogP contribution in [0.15, 0.2) is 30.5 Å². The third-order valence-corrected chi connectivity index (χ3v) is 5.52. The maximum atomic E-state index is 12.3. The lowest BCUT2D eigenvalue weighted by molar-refractivity contribution is 0.0945. The number of carbonyl (C=O) groups is 1. The SMILES string of the molecule is CSC1(CNC(=O)c2cccc3cc[nH]c23)CCC1. The van der Waals surface area contributed by atoms with Crippen LogP contribution in [-0.2, 0) is 0 Å². The van der Waals surface area contributed by atoms with E-state index in [0.717, 1.165) is 23.0 Å². The van der Waals surface area contributed by atoms with Gasteiger partial charge in [-0.05, 0) is 31.2 Å². The zero-order valence-corrected chi connectivity index (χ0v) is 11.8. The summed E-state index contributed by atoms with van der Waals surface area (Å²) in [5, 5.41) is 4.17. The van der Waals surface area contributed by atoms with Crippen LogP contribution in [0.4, 0.5) is 0 Å². The molecule has 3 rings (SSSR count). The maximum absolute atomic E-state index is 12.3. The Morgan fingerprint density at radius 1 is 1.42 bits per heavy atom. The largest absolute Gasteiger partial charge is 0.361 e. The Kier molecular flexibility index (Phi) is 3.27. The molecule has 1 saturated carbocycles. The van der Waals surface area contributed by atoms with Crippen LogP contribution < -0.4 is 5.32 Å². The van der Waals surface area contributed by atoms with Crippen LogP contribution in [0.25, 0.3) is 10.9 Å². The molecular weight excluding hydrogens is 256 g/mol. The number of hydrogen-bond donors (Lipinski definition) is 2. The number of thioether (sulfide) groups is 1. The van der Waals surface area contributed by atoms with E-state index in [4.69, 9.17) is 0 Å². The van der Waals surface area contributed by atoms with Crippen LogP contribution in [0, 0.1) is 0 Å². The first-order valence-corrected chi connectivity index (χ1v) is 7.86. The first kappa shape index (κ1) is 12.6. The van der Waals surface area contributed by atoms with Gasteiger partial charge in [-0.2, -0.15) is 11.8 Å². The lowest BCUT2D eigenvalue weighted by atomic mass is 9.84. The predicted octanol–water partition coefficient (Wildman–Crippen LogP) is 3.18. The minimum Gasteiger partial charge on any atom is -0.361 e. The number of para-hydroxylation sites is 1. The number of fused-ring (bicyclic) bond motifs is 1. The van der Waals surface area contributed by atoms with Crippen LogP contribution in [0.1, 0.15) is 29.6 Å². The molecule has 0 atom stereocenters. The van der Waals surface area contributed by atoms with E-state index in [-0.39, 0.29) is 10.7 Å². The van der Waals surface area contributed by atoms with Gasteiger partial charge < -0.3 is 10.3 Å². The van der Waals surface area contributed by atoms with Gasteiger partial charge in [0.1, 0.15) is 0 Å². The quantitative estimate of drug-likeness (QED) is 0.899. The molecule has 100 valence electrons. The van der Waals surface area contributed by atoms with Gasteiger partial charge in [-0.15, -0.1) is 0 Å². The fourth-order valence-electron chi connectivity index (χ4n) is 2.63. The molecule has 19 heavy (non-hydrogen) atoms. The van der Waals surface area contributed by atoms with Crippen LogP contribution >= 0.6 is 11.8 Å². The van der Waals surface area contributed by atoms with E-state index < -0.39 is 0 Å². The summed E-state index contributed by atoms with van der Waals surface area (Å²) in [6.45, 7) is 0.768. The molecule has 1 aliphatic carbocycles. The van der Waals surface area contributed by atoms with Gasteiger partial charge in [0.15, 0.2) is 0 Å². The van der Waals surface area contributed by atoms with Gasteiger partial charge in [0.05, 0.1) is 11.1 Å². The van der Waals surface area contributed by atoms with Gasteiger partial charge in [-0.3, -0.25) is 4.79 Å². The zero-order chi connectivity index (χ0) is 13.3. The van der Waals surface area contributed by atoms with E-state index in [1.54, 1.807) is 0 Å². The second kappa shape index (κ2) is 4.93. The monoisotopic (exact) mass is 274 g/mol. The van der Waals surface area contributed by atoms with Crippen molar-refractivity contribution in [3.05, 3.63) is 36.0 Å². The van der Waals surface area contributed by atoms with Gasteiger partial charge in [-0.1, -0.05) is 18.6 Å². The third kappa shape index (κ3) is 2.25. The van der Waals surface area contributed by atoms with Crippen molar-refractivity contribution in [2.24, 2.45) is 0 Å². The topological polar surface area (TPSA) is 44.9 Å². The van der Waals surface area contributed by atoms with Gasteiger partial charge >= 0.3 is 0 Å². The average molecular weight is 274 g/mol. The fourth-order valence-corrected chi connectivity index (χ4v) is 3.55. The number of H-pyrrole nitrogens is 1. The normalized spacial score (nSPS) is 17.1. The van der Waals surface area contributed by atoms with Crippen molar-refractivity contribution in [1.82, 2.24) is 10.3 Å². The number of nitrogens with one attached hydrogen (secondary N) is 2. The number of aromatic nitrogens is 1. The Balaban J connectivity index is 1.75. The Labute approximate surface area is 117 Å². The molecule has 0 saturated heterocycles. The van der Waals surface area contributed by atoms with Crippen molar-refractivity contribution in [3.63, 3.8) is 0 Å². The molecule has 2 aromatic rings. The van der Waals surface area contributed by atoms with E-state index >= 15 is 0 Å². The number of benzene rings is 1. The fraction of sp³-hybridized carbons (Fsp3) is 0.400. The maximum Gasteiger partial charge on any atom is 0.253 e. The first-order valence-electron chi connectivity index (χ1n) is 6.64. The summed E-state index contributed by atoms with van der Waals surface area (Å²) in [7, 11) is 0. The molecule has 0 aliphatic heterocycles. The second-order valence-electron chi connectivity index (χ2n) is 5.17. The lowest BCUT2D eigenvalue weighted by Crippen LogP contribution is -2.45. The minimum atomic E-state index is 0.0216. The molecule has 2 N–H and O–H groups in total. The number of rotatable bonds is 4. The van der Waals surface area contributed by atoms with Crippen LogP contribution in [0.2, 0.25) is 0 Å². The van der Waals surface area contributed by atoms with Gasteiger partial charge in [0, 0.05) is 22.9 Å². The van der Waals surface area contributed by atoms with E-state index in [9.17, 15) is 4.79 Å². The summed E-state index contributed by atoms with van der Waals surface area (Å²) < 4.78 is 0.277. The number of aromatic amines is 1. The molecule has 1 aliphatic rings. The zero-order valence-electron chi connectivity index (χ0n) is 11.0. The summed E-state index contributed by atoms with van der Waals surface area (Å²) in [5.74, 6) is 0.0216. The summed E-state index contributed by atoms with van der Waals surface area (Å²) in [4.78, 5) is 15.5. The molecule has 1 aromatic carbocycles. The standard InChI is InChI=1S/C15H18N2OS/c1-19-15(7-3-8-15)10-17-14(18)12-5-2-4-11-6-9-16-13(11)12/h2,4-6,9,16H,3,7-8,10H2,1H3,(H,17,18). The summed E-state index contributed by atoms with van der Waals surface area (Å²) in [5.41, 5.74) is 1.66. The molecule has 1 aromatic heterocycles. The van der Waals surface area contributed by atoms with Gasteiger partial charge in [0.25, 0.3) is 5.91 Å². The Morgan fingerprint density at radius 2 is 2.26 bits per heavy atom. The van der Waals surface area contributed by atoms with Crippen molar-refractivity contribution >= 4 is 28.6 Å². The predicted molar refractivity (Wildman–Crippen MR) is 80.7 cm³/mol. The Morgan fingerprint density at radius 3 is 2.95 bits per heavy atom. The molecule has 0 unspecified atom stereocenters. The average Bonchev–Trinajstić information content (AvgIpc) is 2.85. The van der Waals surface area contributed by atoms with E-state index in [1.165, 1.54) is 19.3 Å². The van der Waals surface area contributed by atoms with Crippen LogP contribution in [0.3, 0.4) is 0 Å². The molecule has 1 heterocycles. The van der Waals surface area contributed by atoms with Gasteiger partial charge in [-0.25, -0.2) is 0 Å². The van der Waals surface area contributed by atoms with Crippen molar-refractivity contribution in [3.8, 4) is 0 Å².